The Labute approximate surface area is 120 Å². The van der Waals surface area contributed by atoms with Crippen molar-refractivity contribution < 1.29 is 9.47 Å². The van der Waals surface area contributed by atoms with E-state index in [2.05, 4.69) is 17.0 Å². The van der Waals surface area contributed by atoms with Gasteiger partial charge in [-0.1, -0.05) is 6.42 Å². The third-order valence-electron chi connectivity index (χ3n) is 5.50. The zero-order chi connectivity index (χ0) is 13.7. The first-order chi connectivity index (χ1) is 9.81. The minimum Gasteiger partial charge on any atom is -0.493 e. The Kier molecular flexibility index (Phi) is 2.92. The zero-order valence-electron chi connectivity index (χ0n) is 12.4. The van der Waals surface area contributed by atoms with Crippen LogP contribution in [0.3, 0.4) is 0 Å². The molecule has 1 aromatic rings. The van der Waals surface area contributed by atoms with Gasteiger partial charge in [0.25, 0.3) is 0 Å². The molecule has 3 heteroatoms. The van der Waals surface area contributed by atoms with Gasteiger partial charge in [0.2, 0.25) is 0 Å². The molecule has 1 aromatic carbocycles. The summed E-state index contributed by atoms with van der Waals surface area (Å²) in [5.74, 6) is 2.57. The molecular formula is C17H23NO2. The van der Waals surface area contributed by atoms with Gasteiger partial charge in [-0.25, -0.2) is 0 Å². The van der Waals surface area contributed by atoms with E-state index in [0.29, 0.717) is 6.04 Å². The standard InChI is InChI=1S/C17H23NO2/c1-19-15-9-11-7-12-8-13-5-3-4-6-18(13)17(12)14(11)10-16(15)20-2/h9-10,12-13,17H,3-8H2,1-2H3/t12-,13+,17-/m0/s1. The number of benzene rings is 1. The Balaban J connectivity index is 1.74. The normalized spacial score (nSPS) is 31.6. The van der Waals surface area contributed by atoms with Crippen molar-refractivity contribution in [3.63, 3.8) is 0 Å². The van der Waals surface area contributed by atoms with E-state index in [-0.39, 0.29) is 0 Å². The minimum absolute atomic E-state index is 0.634. The molecule has 0 unspecified atom stereocenters. The maximum absolute atomic E-state index is 5.50. The lowest BCUT2D eigenvalue weighted by atomic mass is 9.97. The molecule has 3 aliphatic rings. The molecule has 3 nitrogen and oxygen atoms in total. The Morgan fingerprint density at radius 1 is 1.10 bits per heavy atom. The Morgan fingerprint density at radius 3 is 2.70 bits per heavy atom. The number of fused-ring (bicyclic) bond motifs is 5. The third kappa shape index (κ3) is 1.69. The highest BCUT2D eigenvalue weighted by Gasteiger charge is 2.47. The van der Waals surface area contributed by atoms with Crippen LogP contribution in [-0.4, -0.2) is 31.7 Å². The largest absolute Gasteiger partial charge is 0.493 e. The van der Waals surface area contributed by atoms with E-state index < -0.39 is 0 Å². The molecule has 0 aromatic heterocycles. The van der Waals surface area contributed by atoms with E-state index in [1.807, 2.05) is 0 Å². The summed E-state index contributed by atoms with van der Waals surface area (Å²) in [7, 11) is 3.45. The van der Waals surface area contributed by atoms with Gasteiger partial charge >= 0.3 is 0 Å². The van der Waals surface area contributed by atoms with Crippen LogP contribution in [0, 0.1) is 5.92 Å². The second kappa shape index (κ2) is 4.66. The molecule has 0 saturated carbocycles. The van der Waals surface area contributed by atoms with Crippen LogP contribution >= 0.6 is 0 Å². The first-order valence-electron chi connectivity index (χ1n) is 7.82. The highest BCUT2D eigenvalue weighted by atomic mass is 16.5. The second-order valence-corrected chi connectivity index (χ2v) is 6.44. The highest BCUT2D eigenvalue weighted by Crippen LogP contribution is 2.52. The molecule has 3 atom stereocenters. The summed E-state index contributed by atoms with van der Waals surface area (Å²) in [5, 5.41) is 0. The van der Waals surface area contributed by atoms with Crippen LogP contribution in [0.15, 0.2) is 12.1 Å². The molecule has 0 radical (unpaired) electrons. The predicted molar refractivity (Wildman–Crippen MR) is 78.4 cm³/mol. The molecule has 0 bridgehead atoms. The molecule has 2 saturated heterocycles. The lowest BCUT2D eigenvalue weighted by Crippen LogP contribution is -2.35. The number of methoxy groups -OCH3 is 2. The van der Waals surface area contributed by atoms with Gasteiger partial charge in [0, 0.05) is 12.1 Å². The van der Waals surface area contributed by atoms with E-state index in [1.54, 1.807) is 14.2 Å². The molecule has 4 rings (SSSR count). The van der Waals surface area contributed by atoms with Crippen molar-refractivity contribution in [2.45, 2.75) is 44.2 Å². The van der Waals surface area contributed by atoms with Crippen LogP contribution in [0.25, 0.3) is 0 Å². The molecule has 108 valence electrons. The van der Waals surface area contributed by atoms with Crippen LogP contribution in [0.1, 0.15) is 42.9 Å². The van der Waals surface area contributed by atoms with Gasteiger partial charge in [0.15, 0.2) is 11.5 Å². The summed E-state index contributed by atoms with van der Waals surface area (Å²) in [6, 6.07) is 5.90. The van der Waals surface area contributed by atoms with Crippen molar-refractivity contribution in [2.24, 2.45) is 5.92 Å². The lowest BCUT2D eigenvalue weighted by Gasteiger charge is -2.34. The molecular weight excluding hydrogens is 250 g/mol. The van der Waals surface area contributed by atoms with Gasteiger partial charge in [0.1, 0.15) is 0 Å². The first-order valence-corrected chi connectivity index (χ1v) is 7.82. The van der Waals surface area contributed by atoms with Crippen LogP contribution in [0.5, 0.6) is 11.5 Å². The number of ether oxygens (including phenoxy) is 2. The molecule has 0 N–H and O–H groups in total. The van der Waals surface area contributed by atoms with Gasteiger partial charge in [-0.3, -0.25) is 4.90 Å². The number of hydrogen-bond donors (Lipinski definition) is 0. The Bertz CT molecular complexity index is 528. The zero-order valence-corrected chi connectivity index (χ0v) is 12.4. The molecule has 0 spiro atoms. The third-order valence-corrected chi connectivity index (χ3v) is 5.50. The molecule has 1 aliphatic carbocycles. The fourth-order valence-electron chi connectivity index (χ4n) is 4.69. The summed E-state index contributed by atoms with van der Waals surface area (Å²) in [4.78, 5) is 2.77. The first kappa shape index (κ1) is 12.5. The van der Waals surface area contributed by atoms with Crippen molar-refractivity contribution in [1.82, 2.24) is 4.90 Å². The van der Waals surface area contributed by atoms with Crippen molar-refractivity contribution in [3.8, 4) is 11.5 Å². The number of rotatable bonds is 2. The number of nitrogens with zero attached hydrogens (tertiary/aromatic N) is 1. The highest BCUT2D eigenvalue weighted by molar-refractivity contribution is 5.51. The summed E-state index contributed by atoms with van der Waals surface area (Å²) >= 11 is 0. The lowest BCUT2D eigenvalue weighted by molar-refractivity contribution is 0.145. The fraction of sp³-hybridized carbons (Fsp3) is 0.647. The van der Waals surface area contributed by atoms with E-state index in [4.69, 9.17) is 9.47 Å². The molecule has 2 fully saturated rings. The number of piperidine rings is 1. The Hall–Kier alpha value is -1.22. The molecule has 0 amide bonds. The van der Waals surface area contributed by atoms with Crippen LogP contribution in [0.4, 0.5) is 0 Å². The van der Waals surface area contributed by atoms with Gasteiger partial charge in [-0.15, -0.1) is 0 Å². The van der Waals surface area contributed by atoms with E-state index >= 15 is 0 Å². The van der Waals surface area contributed by atoms with Gasteiger partial charge in [-0.2, -0.15) is 0 Å². The topological polar surface area (TPSA) is 21.7 Å². The summed E-state index contributed by atoms with van der Waals surface area (Å²) in [6.45, 7) is 1.28. The molecule has 2 heterocycles. The van der Waals surface area contributed by atoms with Gasteiger partial charge in [-0.05, 0) is 61.4 Å². The Morgan fingerprint density at radius 2 is 1.90 bits per heavy atom. The molecule has 20 heavy (non-hydrogen) atoms. The quantitative estimate of drug-likeness (QED) is 0.826. The maximum atomic E-state index is 5.50. The summed E-state index contributed by atoms with van der Waals surface area (Å²) < 4.78 is 11.0. The predicted octanol–water partition coefficient (Wildman–Crippen LogP) is 3.18. The fourth-order valence-corrected chi connectivity index (χ4v) is 4.69. The van der Waals surface area contributed by atoms with Crippen LogP contribution < -0.4 is 9.47 Å². The van der Waals surface area contributed by atoms with Crippen LogP contribution in [0.2, 0.25) is 0 Å². The monoisotopic (exact) mass is 273 g/mol. The minimum atomic E-state index is 0.634. The average molecular weight is 273 g/mol. The van der Waals surface area contributed by atoms with Crippen molar-refractivity contribution in [3.05, 3.63) is 23.3 Å². The van der Waals surface area contributed by atoms with Gasteiger partial charge < -0.3 is 9.47 Å². The van der Waals surface area contributed by atoms with Gasteiger partial charge in [0.05, 0.1) is 14.2 Å². The van der Waals surface area contributed by atoms with E-state index in [9.17, 15) is 0 Å². The smallest absolute Gasteiger partial charge is 0.161 e. The second-order valence-electron chi connectivity index (χ2n) is 6.44. The van der Waals surface area contributed by atoms with Crippen LogP contribution in [-0.2, 0) is 6.42 Å². The van der Waals surface area contributed by atoms with Crippen molar-refractivity contribution in [1.29, 1.82) is 0 Å². The SMILES string of the molecule is COc1cc2c(cc1OC)[C@@H]1[C@@H](C2)C[C@H]2CCCCN21. The average Bonchev–Trinajstić information content (AvgIpc) is 3.00. The van der Waals surface area contributed by atoms with E-state index in [0.717, 1.165) is 23.5 Å². The summed E-state index contributed by atoms with van der Waals surface area (Å²) in [5.41, 5.74) is 2.97. The van der Waals surface area contributed by atoms with Crippen molar-refractivity contribution >= 4 is 0 Å². The molecule has 2 aliphatic heterocycles. The summed E-state index contributed by atoms with van der Waals surface area (Å²) in [6.07, 6.45) is 6.77. The van der Waals surface area contributed by atoms with E-state index in [1.165, 1.54) is 49.8 Å². The van der Waals surface area contributed by atoms with Crippen molar-refractivity contribution in [2.75, 3.05) is 20.8 Å². The maximum Gasteiger partial charge on any atom is 0.161 e. The number of hydrogen-bond acceptors (Lipinski definition) is 3.